The molecule has 0 aliphatic rings. The predicted octanol–water partition coefficient (Wildman–Crippen LogP) is 2.79. The lowest BCUT2D eigenvalue weighted by Crippen LogP contribution is -2.11. The first-order chi connectivity index (χ1) is 8.58. The number of aromatic hydroxyl groups is 1. The Morgan fingerprint density at radius 1 is 1.00 bits per heavy atom. The molecule has 0 saturated heterocycles. The Balaban J connectivity index is 2.25. The molecule has 92 valence electrons. The lowest BCUT2D eigenvalue weighted by atomic mass is 10.2. The summed E-state index contributed by atoms with van der Waals surface area (Å²) in [4.78, 5) is 2.41. The molecule has 0 amide bonds. The van der Waals surface area contributed by atoms with Gasteiger partial charge < -0.3 is 15.7 Å². The van der Waals surface area contributed by atoms with Crippen LogP contribution in [-0.2, 0) is 0 Å². The van der Waals surface area contributed by atoms with Gasteiger partial charge in [0.1, 0.15) is 10.7 Å². The summed E-state index contributed by atoms with van der Waals surface area (Å²) in [5, 5.41) is 9.26. The van der Waals surface area contributed by atoms with Crippen LogP contribution >= 0.6 is 12.2 Å². The summed E-state index contributed by atoms with van der Waals surface area (Å²) in [5.74, 6) is 0.260. The number of phenols is 1. The fourth-order valence-corrected chi connectivity index (χ4v) is 1.81. The van der Waals surface area contributed by atoms with E-state index in [9.17, 15) is 5.11 Å². The van der Waals surface area contributed by atoms with Crippen LogP contribution in [0.1, 0.15) is 5.56 Å². The Labute approximate surface area is 111 Å². The van der Waals surface area contributed by atoms with Gasteiger partial charge in [-0.3, -0.25) is 0 Å². The van der Waals surface area contributed by atoms with E-state index in [2.05, 4.69) is 0 Å². The molecule has 0 aromatic heterocycles. The van der Waals surface area contributed by atoms with Crippen molar-refractivity contribution in [3.8, 4) is 5.75 Å². The fraction of sp³-hybridized carbons (Fsp3) is 0.0714. The van der Waals surface area contributed by atoms with Crippen LogP contribution in [0.15, 0.2) is 48.5 Å². The highest BCUT2D eigenvalue weighted by Crippen LogP contribution is 2.25. The molecule has 0 bridgehead atoms. The minimum atomic E-state index is 0.260. The van der Waals surface area contributed by atoms with Gasteiger partial charge in [-0.15, -0.1) is 0 Å². The number of phenolic OH excluding ortho intramolecular Hbond substituents is 1. The van der Waals surface area contributed by atoms with E-state index in [0.29, 0.717) is 4.99 Å². The van der Waals surface area contributed by atoms with Crippen molar-refractivity contribution in [1.82, 2.24) is 0 Å². The van der Waals surface area contributed by atoms with Crippen molar-refractivity contribution in [1.29, 1.82) is 0 Å². The Kier molecular flexibility index (Phi) is 3.48. The number of thiocarbonyl (C=S) groups is 1. The van der Waals surface area contributed by atoms with E-state index in [4.69, 9.17) is 18.0 Å². The van der Waals surface area contributed by atoms with Crippen molar-refractivity contribution in [2.24, 2.45) is 5.73 Å². The van der Waals surface area contributed by atoms with Gasteiger partial charge in [0.15, 0.2) is 0 Å². The predicted molar refractivity (Wildman–Crippen MR) is 78.5 cm³/mol. The maximum Gasteiger partial charge on any atom is 0.115 e. The van der Waals surface area contributed by atoms with Crippen LogP contribution in [0.4, 0.5) is 11.4 Å². The zero-order chi connectivity index (χ0) is 13.1. The number of rotatable bonds is 3. The summed E-state index contributed by atoms with van der Waals surface area (Å²) in [7, 11) is 1.96. The van der Waals surface area contributed by atoms with Gasteiger partial charge in [-0.2, -0.15) is 0 Å². The van der Waals surface area contributed by atoms with Gasteiger partial charge in [-0.25, -0.2) is 0 Å². The lowest BCUT2D eigenvalue weighted by molar-refractivity contribution is 0.475. The van der Waals surface area contributed by atoms with Gasteiger partial charge in [0, 0.05) is 24.0 Å². The third kappa shape index (κ3) is 2.60. The van der Waals surface area contributed by atoms with Crippen LogP contribution in [0.5, 0.6) is 5.75 Å². The minimum absolute atomic E-state index is 0.260. The largest absolute Gasteiger partial charge is 0.508 e. The molecule has 0 heterocycles. The molecule has 4 heteroatoms. The second kappa shape index (κ2) is 5.06. The second-order valence-electron chi connectivity index (χ2n) is 3.99. The average molecular weight is 258 g/mol. The second-order valence-corrected chi connectivity index (χ2v) is 4.43. The van der Waals surface area contributed by atoms with Crippen LogP contribution in [0, 0.1) is 0 Å². The SMILES string of the molecule is CN(c1ccc(O)cc1)c1ccc(C(N)=S)cc1. The lowest BCUT2D eigenvalue weighted by Gasteiger charge is -2.19. The molecule has 0 spiro atoms. The van der Waals surface area contributed by atoms with Gasteiger partial charge in [0.05, 0.1) is 0 Å². The molecule has 0 radical (unpaired) electrons. The normalized spacial score (nSPS) is 10.1. The zero-order valence-electron chi connectivity index (χ0n) is 10.00. The standard InChI is InChI=1S/C14H14N2OS/c1-16(12-6-8-13(17)9-7-12)11-4-2-10(3-5-11)14(15)18/h2-9,17H,1H3,(H2,15,18). The number of benzene rings is 2. The quantitative estimate of drug-likeness (QED) is 0.831. The first kappa shape index (κ1) is 12.4. The minimum Gasteiger partial charge on any atom is -0.508 e. The number of nitrogens with zero attached hydrogens (tertiary/aromatic N) is 1. The van der Waals surface area contributed by atoms with Crippen molar-refractivity contribution in [2.45, 2.75) is 0 Å². The molecule has 0 saturated carbocycles. The molecule has 0 fully saturated rings. The van der Waals surface area contributed by atoms with Gasteiger partial charge in [-0.1, -0.05) is 12.2 Å². The van der Waals surface area contributed by atoms with E-state index in [1.165, 1.54) is 0 Å². The number of hydrogen-bond acceptors (Lipinski definition) is 3. The highest BCUT2D eigenvalue weighted by molar-refractivity contribution is 7.80. The molecule has 0 unspecified atom stereocenters. The maximum atomic E-state index is 9.26. The van der Waals surface area contributed by atoms with Crippen molar-refractivity contribution < 1.29 is 5.11 Å². The number of nitrogens with two attached hydrogens (primary N) is 1. The van der Waals surface area contributed by atoms with E-state index >= 15 is 0 Å². The summed E-state index contributed by atoms with van der Waals surface area (Å²) < 4.78 is 0. The van der Waals surface area contributed by atoms with Crippen molar-refractivity contribution >= 4 is 28.6 Å². The molecular weight excluding hydrogens is 244 g/mol. The van der Waals surface area contributed by atoms with E-state index in [-0.39, 0.29) is 5.75 Å². The maximum absolute atomic E-state index is 9.26. The van der Waals surface area contributed by atoms with Crippen LogP contribution in [-0.4, -0.2) is 17.1 Å². The van der Waals surface area contributed by atoms with Crippen LogP contribution < -0.4 is 10.6 Å². The molecular formula is C14H14N2OS. The molecule has 0 atom stereocenters. The van der Waals surface area contributed by atoms with Crippen LogP contribution in [0.3, 0.4) is 0 Å². The van der Waals surface area contributed by atoms with E-state index in [1.54, 1.807) is 12.1 Å². The Hall–Kier alpha value is -2.07. The van der Waals surface area contributed by atoms with E-state index in [1.807, 2.05) is 48.3 Å². The van der Waals surface area contributed by atoms with E-state index in [0.717, 1.165) is 16.9 Å². The van der Waals surface area contributed by atoms with Gasteiger partial charge in [0.2, 0.25) is 0 Å². The third-order valence-corrected chi connectivity index (χ3v) is 3.01. The van der Waals surface area contributed by atoms with Crippen molar-refractivity contribution in [2.75, 3.05) is 11.9 Å². The first-order valence-electron chi connectivity index (χ1n) is 5.50. The molecule has 3 N–H and O–H groups in total. The molecule has 18 heavy (non-hydrogen) atoms. The van der Waals surface area contributed by atoms with Gasteiger partial charge in [-0.05, 0) is 48.5 Å². The molecule has 0 aliphatic heterocycles. The van der Waals surface area contributed by atoms with Gasteiger partial charge in [0.25, 0.3) is 0 Å². The third-order valence-electron chi connectivity index (χ3n) is 2.78. The van der Waals surface area contributed by atoms with Gasteiger partial charge >= 0.3 is 0 Å². The molecule has 2 aromatic rings. The zero-order valence-corrected chi connectivity index (χ0v) is 10.8. The summed E-state index contributed by atoms with van der Waals surface area (Å²) in [6, 6.07) is 14.8. The number of hydrogen-bond donors (Lipinski definition) is 2. The monoisotopic (exact) mass is 258 g/mol. The Morgan fingerprint density at radius 2 is 1.44 bits per heavy atom. The summed E-state index contributed by atoms with van der Waals surface area (Å²) in [6.07, 6.45) is 0. The summed E-state index contributed by atoms with van der Waals surface area (Å²) >= 11 is 4.92. The molecule has 2 rings (SSSR count). The molecule has 0 aliphatic carbocycles. The number of anilines is 2. The fourth-order valence-electron chi connectivity index (χ4n) is 1.67. The average Bonchev–Trinajstić information content (AvgIpc) is 2.39. The highest BCUT2D eigenvalue weighted by atomic mass is 32.1. The Bertz CT molecular complexity index is 549. The first-order valence-corrected chi connectivity index (χ1v) is 5.91. The smallest absolute Gasteiger partial charge is 0.115 e. The van der Waals surface area contributed by atoms with Crippen LogP contribution in [0.2, 0.25) is 0 Å². The molecule has 2 aromatic carbocycles. The van der Waals surface area contributed by atoms with E-state index < -0.39 is 0 Å². The highest BCUT2D eigenvalue weighted by Gasteiger charge is 2.04. The van der Waals surface area contributed by atoms with Crippen LogP contribution in [0.25, 0.3) is 0 Å². The van der Waals surface area contributed by atoms with Crippen molar-refractivity contribution in [3.05, 3.63) is 54.1 Å². The molecule has 3 nitrogen and oxygen atoms in total. The topological polar surface area (TPSA) is 49.5 Å². The Morgan fingerprint density at radius 3 is 1.89 bits per heavy atom. The summed E-state index contributed by atoms with van der Waals surface area (Å²) in [5.41, 5.74) is 8.44. The summed E-state index contributed by atoms with van der Waals surface area (Å²) in [6.45, 7) is 0. The van der Waals surface area contributed by atoms with Crippen molar-refractivity contribution in [3.63, 3.8) is 0 Å².